The van der Waals surface area contributed by atoms with Crippen molar-refractivity contribution in [1.29, 1.82) is 0 Å². The van der Waals surface area contributed by atoms with Crippen molar-refractivity contribution in [1.82, 2.24) is 0 Å². The molecule has 0 saturated heterocycles. The van der Waals surface area contributed by atoms with Gasteiger partial charge in [0.25, 0.3) is 0 Å². The van der Waals surface area contributed by atoms with Crippen molar-refractivity contribution >= 4 is 17.3 Å². The van der Waals surface area contributed by atoms with Crippen molar-refractivity contribution in [3.63, 3.8) is 0 Å². The highest BCUT2D eigenvalue weighted by atomic mass is 32.1. The highest BCUT2D eigenvalue weighted by Crippen LogP contribution is 2.38. The van der Waals surface area contributed by atoms with E-state index in [1.807, 2.05) is 45.0 Å². The minimum atomic E-state index is -0.887. The zero-order valence-corrected chi connectivity index (χ0v) is 12.0. The number of aromatic carboxylic acids is 1. The highest BCUT2D eigenvalue weighted by molar-refractivity contribution is 7.17. The lowest BCUT2D eigenvalue weighted by molar-refractivity contribution is 0.0702. The summed E-state index contributed by atoms with van der Waals surface area (Å²) in [6.45, 7) is 5.87. The number of benzene rings is 1. The number of hydrogen-bond acceptors (Lipinski definition) is 3. The molecule has 3 nitrogen and oxygen atoms in total. The van der Waals surface area contributed by atoms with Crippen LogP contribution in [0.2, 0.25) is 0 Å². The third kappa shape index (κ3) is 2.96. The van der Waals surface area contributed by atoms with Gasteiger partial charge in [0, 0.05) is 10.4 Å². The highest BCUT2D eigenvalue weighted by Gasteiger charge is 2.15. The summed E-state index contributed by atoms with van der Waals surface area (Å²) in [4.78, 5) is 12.3. The van der Waals surface area contributed by atoms with Gasteiger partial charge >= 0.3 is 5.97 Å². The Hall–Kier alpha value is -1.81. The molecular formula is C15H16O3S. The fraction of sp³-hybridized carbons (Fsp3) is 0.267. The topological polar surface area (TPSA) is 46.5 Å². The summed E-state index contributed by atoms with van der Waals surface area (Å²) in [6.07, 6.45) is 0.0837. The Balaban J connectivity index is 2.49. The minimum Gasteiger partial charge on any atom is -0.490 e. The lowest BCUT2D eigenvalue weighted by atomic mass is 10.1. The number of carboxylic acid groups (broad SMARTS) is 1. The smallest absolute Gasteiger partial charge is 0.345 e. The van der Waals surface area contributed by atoms with E-state index in [1.54, 1.807) is 6.07 Å². The van der Waals surface area contributed by atoms with E-state index in [-0.39, 0.29) is 6.10 Å². The van der Waals surface area contributed by atoms with Crippen LogP contribution in [0.15, 0.2) is 30.3 Å². The first-order chi connectivity index (χ1) is 8.99. The van der Waals surface area contributed by atoms with Gasteiger partial charge in [-0.3, -0.25) is 0 Å². The number of thiophene rings is 1. The molecule has 0 aliphatic rings. The van der Waals surface area contributed by atoms with Gasteiger partial charge in [0.15, 0.2) is 0 Å². The average Bonchev–Trinajstić information content (AvgIpc) is 2.71. The molecule has 0 unspecified atom stereocenters. The molecule has 4 heteroatoms. The second-order valence-electron chi connectivity index (χ2n) is 4.59. The number of para-hydroxylation sites is 1. The van der Waals surface area contributed by atoms with E-state index in [0.717, 1.165) is 21.8 Å². The summed E-state index contributed by atoms with van der Waals surface area (Å²) in [6, 6.07) is 9.43. The largest absolute Gasteiger partial charge is 0.490 e. The molecule has 1 heterocycles. The van der Waals surface area contributed by atoms with Gasteiger partial charge in [0.2, 0.25) is 0 Å². The van der Waals surface area contributed by atoms with Crippen LogP contribution in [0.1, 0.15) is 29.1 Å². The second-order valence-corrected chi connectivity index (χ2v) is 5.64. The van der Waals surface area contributed by atoms with Gasteiger partial charge in [-0.1, -0.05) is 12.1 Å². The van der Waals surface area contributed by atoms with Gasteiger partial charge in [-0.2, -0.15) is 0 Å². The normalized spacial score (nSPS) is 10.7. The Labute approximate surface area is 116 Å². The Morgan fingerprint density at radius 2 is 2.00 bits per heavy atom. The SMILES string of the molecule is Cc1cc(C(=O)O)sc1-c1ccccc1OC(C)C. The fourth-order valence-electron chi connectivity index (χ4n) is 1.87. The van der Waals surface area contributed by atoms with E-state index in [2.05, 4.69) is 0 Å². The third-order valence-corrected chi connectivity index (χ3v) is 3.88. The maximum absolute atomic E-state index is 11.0. The molecule has 0 radical (unpaired) electrons. The molecular weight excluding hydrogens is 260 g/mol. The maximum atomic E-state index is 11.0. The Morgan fingerprint density at radius 3 is 2.58 bits per heavy atom. The first kappa shape index (κ1) is 13.6. The fourth-order valence-corrected chi connectivity index (χ4v) is 2.91. The van der Waals surface area contributed by atoms with Crippen LogP contribution in [0.4, 0.5) is 0 Å². The zero-order valence-electron chi connectivity index (χ0n) is 11.1. The van der Waals surface area contributed by atoms with Gasteiger partial charge in [-0.15, -0.1) is 11.3 Å². The molecule has 1 N–H and O–H groups in total. The molecule has 2 aromatic rings. The van der Waals surface area contributed by atoms with Gasteiger partial charge in [0.1, 0.15) is 10.6 Å². The molecule has 0 amide bonds. The molecule has 19 heavy (non-hydrogen) atoms. The van der Waals surface area contributed by atoms with E-state index >= 15 is 0 Å². The van der Waals surface area contributed by atoms with Gasteiger partial charge in [-0.25, -0.2) is 4.79 Å². The molecule has 0 atom stereocenters. The summed E-state index contributed by atoms with van der Waals surface area (Å²) in [7, 11) is 0. The number of carbonyl (C=O) groups is 1. The molecule has 0 fully saturated rings. The summed E-state index contributed by atoms with van der Waals surface area (Å²) >= 11 is 1.28. The van der Waals surface area contributed by atoms with Crippen LogP contribution in [0.25, 0.3) is 10.4 Å². The average molecular weight is 276 g/mol. The van der Waals surface area contributed by atoms with Crippen LogP contribution in [0, 0.1) is 6.92 Å². The second kappa shape index (κ2) is 5.45. The van der Waals surface area contributed by atoms with Crippen LogP contribution in [-0.4, -0.2) is 17.2 Å². The molecule has 1 aromatic heterocycles. The summed E-state index contributed by atoms with van der Waals surface area (Å²) < 4.78 is 5.78. The van der Waals surface area contributed by atoms with Crippen molar-refractivity contribution in [3.8, 4) is 16.2 Å². The van der Waals surface area contributed by atoms with Gasteiger partial charge < -0.3 is 9.84 Å². The summed E-state index contributed by atoms with van der Waals surface area (Å²) in [5.41, 5.74) is 1.91. The molecule has 1 aromatic carbocycles. The number of carboxylic acids is 1. The Morgan fingerprint density at radius 1 is 1.32 bits per heavy atom. The molecule has 2 rings (SSSR count). The Kier molecular flexibility index (Phi) is 3.90. The van der Waals surface area contributed by atoms with Crippen LogP contribution < -0.4 is 4.74 Å². The van der Waals surface area contributed by atoms with Crippen LogP contribution in [0.5, 0.6) is 5.75 Å². The van der Waals surface area contributed by atoms with Crippen molar-refractivity contribution < 1.29 is 14.6 Å². The molecule has 0 saturated carbocycles. The molecule has 0 spiro atoms. The molecule has 0 bridgehead atoms. The molecule has 0 aliphatic carbocycles. The van der Waals surface area contributed by atoms with E-state index in [1.165, 1.54) is 11.3 Å². The predicted octanol–water partition coefficient (Wildman–Crippen LogP) is 4.21. The number of aryl methyl sites for hydroxylation is 1. The maximum Gasteiger partial charge on any atom is 0.345 e. The summed E-state index contributed by atoms with van der Waals surface area (Å²) in [5.74, 6) is -0.0963. The van der Waals surface area contributed by atoms with Gasteiger partial charge in [-0.05, 0) is 44.5 Å². The van der Waals surface area contributed by atoms with Crippen molar-refractivity contribution in [2.45, 2.75) is 26.9 Å². The van der Waals surface area contributed by atoms with Crippen molar-refractivity contribution in [3.05, 3.63) is 40.8 Å². The predicted molar refractivity (Wildman–Crippen MR) is 77.2 cm³/mol. The lowest BCUT2D eigenvalue weighted by Crippen LogP contribution is -2.06. The number of hydrogen-bond donors (Lipinski definition) is 1. The minimum absolute atomic E-state index is 0.0837. The zero-order chi connectivity index (χ0) is 14.0. The lowest BCUT2D eigenvalue weighted by Gasteiger charge is -2.13. The molecule has 0 aliphatic heterocycles. The monoisotopic (exact) mass is 276 g/mol. The van der Waals surface area contributed by atoms with Crippen LogP contribution in [-0.2, 0) is 0 Å². The van der Waals surface area contributed by atoms with E-state index in [0.29, 0.717) is 4.88 Å². The van der Waals surface area contributed by atoms with Gasteiger partial charge in [0.05, 0.1) is 6.10 Å². The van der Waals surface area contributed by atoms with E-state index in [4.69, 9.17) is 9.84 Å². The number of ether oxygens (including phenoxy) is 1. The summed E-state index contributed by atoms with van der Waals surface area (Å²) in [5, 5.41) is 9.06. The molecule has 100 valence electrons. The Bertz CT molecular complexity index is 599. The third-order valence-electron chi connectivity index (χ3n) is 2.62. The van der Waals surface area contributed by atoms with Crippen LogP contribution >= 0.6 is 11.3 Å². The standard InChI is InChI=1S/C15H16O3S/c1-9(2)18-12-7-5-4-6-11(12)14-10(3)8-13(19-14)15(16)17/h4-9H,1-3H3,(H,16,17). The van der Waals surface area contributed by atoms with Crippen molar-refractivity contribution in [2.75, 3.05) is 0 Å². The quantitative estimate of drug-likeness (QED) is 0.910. The van der Waals surface area contributed by atoms with E-state index in [9.17, 15) is 4.79 Å². The van der Waals surface area contributed by atoms with Crippen LogP contribution in [0.3, 0.4) is 0 Å². The van der Waals surface area contributed by atoms with E-state index < -0.39 is 5.97 Å². The van der Waals surface area contributed by atoms with Crippen molar-refractivity contribution in [2.24, 2.45) is 0 Å². The first-order valence-electron chi connectivity index (χ1n) is 6.09. The number of rotatable bonds is 4. The first-order valence-corrected chi connectivity index (χ1v) is 6.90.